The summed E-state index contributed by atoms with van der Waals surface area (Å²) >= 11 is 1.69. The van der Waals surface area contributed by atoms with Crippen molar-refractivity contribution in [1.29, 1.82) is 0 Å². The number of thiophene rings is 1. The molecule has 0 N–H and O–H groups in total. The summed E-state index contributed by atoms with van der Waals surface area (Å²) < 4.78 is 21.1. The van der Waals surface area contributed by atoms with Gasteiger partial charge in [-0.1, -0.05) is 78.9 Å². The van der Waals surface area contributed by atoms with Gasteiger partial charge in [0.05, 0.1) is 27.8 Å². The van der Waals surface area contributed by atoms with Crippen LogP contribution in [0.5, 0.6) is 0 Å². The van der Waals surface area contributed by atoms with Crippen molar-refractivity contribution >= 4 is 75.1 Å². The minimum Gasteiger partial charge on any atom is -0.309 e. The highest BCUT2D eigenvalue weighted by Crippen LogP contribution is 2.39. The Labute approximate surface area is 302 Å². The van der Waals surface area contributed by atoms with Crippen LogP contribution in [0.25, 0.3) is 97.7 Å². The lowest BCUT2D eigenvalue weighted by molar-refractivity contribution is 0.630. The van der Waals surface area contributed by atoms with E-state index >= 15 is 0 Å². The zero-order chi connectivity index (χ0) is 34.3. The summed E-state index contributed by atoms with van der Waals surface area (Å²) in [6, 6.07) is 59.1. The number of pyridine rings is 1. The van der Waals surface area contributed by atoms with E-state index in [0.29, 0.717) is 0 Å². The number of hydrogen-bond acceptors (Lipinski definition) is 2. The van der Waals surface area contributed by atoms with Crippen molar-refractivity contribution in [1.82, 2.24) is 14.1 Å². The molecule has 0 radical (unpaired) electrons. The second-order valence-corrected chi connectivity index (χ2v) is 14.4. The lowest BCUT2D eigenvalue weighted by atomic mass is 10.0. The Morgan fingerprint density at radius 1 is 0.404 bits per heavy atom. The first-order valence-corrected chi connectivity index (χ1v) is 18.2. The van der Waals surface area contributed by atoms with E-state index in [4.69, 9.17) is 4.98 Å². The van der Waals surface area contributed by atoms with Crippen molar-refractivity contribution in [3.8, 4) is 33.9 Å². The molecule has 4 heterocycles. The van der Waals surface area contributed by atoms with Gasteiger partial charge >= 0.3 is 0 Å². The minimum atomic E-state index is -0.219. The van der Waals surface area contributed by atoms with Gasteiger partial charge in [-0.2, -0.15) is 0 Å². The summed E-state index contributed by atoms with van der Waals surface area (Å²) in [7, 11) is 0. The molecule has 0 aliphatic heterocycles. The molecule has 0 atom stereocenters. The second kappa shape index (κ2) is 11.2. The number of benzene rings is 7. The Bertz CT molecular complexity index is 3200. The lowest BCUT2D eigenvalue weighted by Crippen LogP contribution is -1.98. The highest BCUT2D eigenvalue weighted by atomic mass is 32.1. The Morgan fingerprint density at radius 3 is 1.69 bits per heavy atom. The molecule has 52 heavy (non-hydrogen) atoms. The summed E-state index contributed by atoms with van der Waals surface area (Å²) in [5.74, 6) is 0.636. The van der Waals surface area contributed by atoms with Crippen LogP contribution in [0.2, 0.25) is 0 Å². The predicted molar refractivity (Wildman–Crippen MR) is 217 cm³/mol. The molecule has 11 rings (SSSR count). The number of rotatable bonds is 4. The molecule has 0 aliphatic carbocycles. The van der Waals surface area contributed by atoms with Gasteiger partial charge in [-0.15, -0.1) is 11.3 Å². The Balaban J connectivity index is 1.05. The molecule has 0 amide bonds. The number of para-hydroxylation sites is 3. The monoisotopic (exact) mass is 685 g/mol. The third-order valence-electron chi connectivity index (χ3n) is 10.4. The number of aromatic nitrogens is 3. The normalized spacial score (nSPS) is 11.9. The van der Waals surface area contributed by atoms with Crippen molar-refractivity contribution in [3.05, 3.63) is 176 Å². The Hall–Kier alpha value is -6.56. The van der Waals surface area contributed by atoms with E-state index in [2.05, 4.69) is 161 Å². The molecule has 0 fully saturated rings. The van der Waals surface area contributed by atoms with Crippen LogP contribution < -0.4 is 0 Å². The van der Waals surface area contributed by atoms with Crippen LogP contribution in [-0.2, 0) is 0 Å². The second-order valence-electron chi connectivity index (χ2n) is 13.3. The maximum atomic E-state index is 14.2. The molecule has 0 saturated carbocycles. The maximum absolute atomic E-state index is 14.2. The van der Waals surface area contributed by atoms with Gasteiger partial charge in [0.1, 0.15) is 11.6 Å². The molecule has 0 spiro atoms. The van der Waals surface area contributed by atoms with Crippen molar-refractivity contribution in [3.63, 3.8) is 0 Å². The SMILES string of the molecule is Fc1ccc2sc3ccc(-c4cccc(-n5c6ccccc6c6cc(-c7ccc8c(c7)c7ccccc7n8-c7ccccc7)ccc65)n4)cc3c2c1. The molecular formula is C47H28FN3S. The van der Waals surface area contributed by atoms with E-state index in [1.54, 1.807) is 17.4 Å². The summed E-state index contributed by atoms with van der Waals surface area (Å²) in [6.07, 6.45) is 0. The first-order valence-electron chi connectivity index (χ1n) is 17.4. The van der Waals surface area contributed by atoms with Crippen LogP contribution in [-0.4, -0.2) is 14.1 Å². The fourth-order valence-corrected chi connectivity index (χ4v) is 9.09. The van der Waals surface area contributed by atoms with Crippen LogP contribution in [0.15, 0.2) is 170 Å². The Morgan fingerprint density at radius 2 is 0.962 bits per heavy atom. The molecule has 0 unspecified atom stereocenters. The number of halogens is 1. The molecular weight excluding hydrogens is 658 g/mol. The van der Waals surface area contributed by atoms with Gasteiger partial charge in [0, 0.05) is 53.0 Å². The average Bonchev–Trinajstić information content (AvgIpc) is 3.85. The van der Waals surface area contributed by atoms with E-state index in [0.717, 1.165) is 54.0 Å². The number of fused-ring (bicyclic) bond motifs is 9. The molecule has 11 aromatic rings. The summed E-state index contributed by atoms with van der Waals surface area (Å²) in [5, 5.41) is 6.83. The third kappa shape index (κ3) is 4.39. The van der Waals surface area contributed by atoms with Crippen molar-refractivity contribution < 1.29 is 4.39 Å². The fourth-order valence-electron chi connectivity index (χ4n) is 8.02. The zero-order valence-corrected chi connectivity index (χ0v) is 28.6. The summed E-state index contributed by atoms with van der Waals surface area (Å²) in [5.41, 5.74) is 9.99. The van der Waals surface area contributed by atoms with Crippen LogP contribution in [0.3, 0.4) is 0 Å². The average molecular weight is 686 g/mol. The first-order chi connectivity index (χ1) is 25.7. The van der Waals surface area contributed by atoms with E-state index in [1.165, 1.54) is 49.8 Å². The van der Waals surface area contributed by atoms with E-state index < -0.39 is 0 Å². The maximum Gasteiger partial charge on any atom is 0.138 e. The fraction of sp³-hybridized carbons (Fsp3) is 0. The van der Waals surface area contributed by atoms with Crippen LogP contribution >= 0.6 is 11.3 Å². The quantitative estimate of drug-likeness (QED) is 0.181. The summed E-state index contributed by atoms with van der Waals surface area (Å²) in [4.78, 5) is 5.24. The standard InChI is InChI=1S/C47H28FN3S/c48-32-20-24-46-39(28-32)38-27-31(19-23-45(38)52-46)40-13-8-16-47(49-40)51-42-15-7-5-12-35(42)37-26-30(18-22-44(37)51)29-17-21-43-36(25-29)34-11-4-6-14-41(34)50(43)33-9-2-1-3-10-33/h1-28H. The molecule has 5 heteroatoms. The zero-order valence-electron chi connectivity index (χ0n) is 27.8. The number of hydrogen-bond donors (Lipinski definition) is 0. The van der Waals surface area contributed by atoms with Gasteiger partial charge in [0.15, 0.2) is 0 Å². The van der Waals surface area contributed by atoms with Crippen LogP contribution in [0.1, 0.15) is 0 Å². The van der Waals surface area contributed by atoms with Gasteiger partial charge in [-0.3, -0.25) is 4.57 Å². The van der Waals surface area contributed by atoms with Crippen molar-refractivity contribution in [2.45, 2.75) is 0 Å². The van der Waals surface area contributed by atoms with Crippen molar-refractivity contribution in [2.24, 2.45) is 0 Å². The van der Waals surface area contributed by atoms with Gasteiger partial charge < -0.3 is 4.57 Å². The molecule has 244 valence electrons. The van der Waals surface area contributed by atoms with Crippen LogP contribution in [0, 0.1) is 5.82 Å². The van der Waals surface area contributed by atoms with Gasteiger partial charge in [-0.25, -0.2) is 9.37 Å². The van der Waals surface area contributed by atoms with Gasteiger partial charge in [0.25, 0.3) is 0 Å². The van der Waals surface area contributed by atoms with Gasteiger partial charge in [0.2, 0.25) is 0 Å². The Kier molecular flexibility index (Phi) is 6.30. The highest BCUT2D eigenvalue weighted by Gasteiger charge is 2.17. The van der Waals surface area contributed by atoms with E-state index in [1.807, 2.05) is 6.07 Å². The highest BCUT2D eigenvalue weighted by molar-refractivity contribution is 7.25. The van der Waals surface area contributed by atoms with E-state index in [-0.39, 0.29) is 5.82 Å². The van der Waals surface area contributed by atoms with E-state index in [9.17, 15) is 4.39 Å². The smallest absolute Gasteiger partial charge is 0.138 e. The molecule has 4 aromatic heterocycles. The van der Waals surface area contributed by atoms with Gasteiger partial charge in [-0.05, 0) is 102 Å². The summed E-state index contributed by atoms with van der Waals surface area (Å²) in [6.45, 7) is 0. The first kappa shape index (κ1) is 29.2. The predicted octanol–water partition coefficient (Wildman–Crippen LogP) is 13.1. The molecule has 0 saturated heterocycles. The molecule has 0 aliphatic rings. The third-order valence-corrected chi connectivity index (χ3v) is 11.5. The largest absolute Gasteiger partial charge is 0.309 e. The topological polar surface area (TPSA) is 22.8 Å². The number of nitrogens with zero attached hydrogens (tertiary/aromatic N) is 3. The van der Waals surface area contributed by atoms with Crippen molar-refractivity contribution in [2.75, 3.05) is 0 Å². The molecule has 3 nitrogen and oxygen atoms in total. The molecule has 0 bridgehead atoms. The van der Waals surface area contributed by atoms with Crippen LogP contribution in [0.4, 0.5) is 4.39 Å². The molecule has 7 aromatic carbocycles. The lowest BCUT2D eigenvalue weighted by Gasteiger charge is -2.10. The minimum absolute atomic E-state index is 0.219.